The van der Waals surface area contributed by atoms with E-state index in [1.807, 2.05) is 49.4 Å². The van der Waals surface area contributed by atoms with Crippen LogP contribution in [0, 0.1) is 24.2 Å². The van der Waals surface area contributed by atoms with Gasteiger partial charge in [-0.2, -0.15) is 9.78 Å². The van der Waals surface area contributed by atoms with Gasteiger partial charge in [0.15, 0.2) is 5.82 Å². The summed E-state index contributed by atoms with van der Waals surface area (Å²) in [7, 11) is 1.65. The van der Waals surface area contributed by atoms with Gasteiger partial charge in [-0.1, -0.05) is 38.1 Å². The lowest BCUT2D eigenvalue weighted by Gasteiger charge is -2.17. The van der Waals surface area contributed by atoms with Crippen LogP contribution in [0.1, 0.15) is 42.0 Å². The number of benzene rings is 4. The molecule has 1 aromatic heterocycles. The number of hydrogen-bond acceptors (Lipinski definition) is 7. The summed E-state index contributed by atoms with van der Waals surface area (Å²) in [6, 6.07) is 21.4. The van der Waals surface area contributed by atoms with Gasteiger partial charge in [-0.25, -0.2) is 4.98 Å². The Hall–Kier alpha value is -3.85. The second-order valence-corrected chi connectivity index (χ2v) is 12.7. The SMILES string of the molecule is COc1cc(C)c(-c2nc3ccccc3c(=O)n2N=Cc2cc(I)c(OCc3cccc([N+](=O)[O-])c3)c(I)c2)cc1C(C)C. The molecule has 0 bridgehead atoms. The smallest absolute Gasteiger partial charge is 0.282 e. The number of nitro groups is 1. The van der Waals surface area contributed by atoms with Crippen LogP contribution < -0.4 is 15.0 Å². The molecule has 5 aromatic rings. The van der Waals surface area contributed by atoms with Gasteiger partial charge >= 0.3 is 0 Å². The highest BCUT2D eigenvalue weighted by Gasteiger charge is 2.19. The molecule has 0 radical (unpaired) electrons. The van der Waals surface area contributed by atoms with Crippen LogP contribution in [0.2, 0.25) is 0 Å². The first kappa shape index (κ1) is 31.6. The van der Waals surface area contributed by atoms with Crippen molar-refractivity contribution in [3.05, 3.63) is 123 Å². The molecule has 0 aliphatic rings. The molecule has 0 amide bonds. The van der Waals surface area contributed by atoms with Crippen molar-refractivity contribution < 1.29 is 14.4 Å². The van der Waals surface area contributed by atoms with E-state index in [-0.39, 0.29) is 23.8 Å². The highest BCUT2D eigenvalue weighted by atomic mass is 127. The maximum Gasteiger partial charge on any atom is 0.282 e. The Balaban J connectivity index is 1.54. The highest BCUT2D eigenvalue weighted by molar-refractivity contribution is 14.1. The molecule has 0 atom stereocenters. The Morgan fingerprint density at radius 3 is 2.45 bits per heavy atom. The Morgan fingerprint density at radius 2 is 1.77 bits per heavy atom. The molecule has 0 aliphatic heterocycles. The van der Waals surface area contributed by atoms with Crippen LogP contribution in [-0.2, 0) is 6.61 Å². The Morgan fingerprint density at radius 1 is 1.05 bits per heavy atom. The second-order valence-electron chi connectivity index (χ2n) is 10.4. The number of methoxy groups -OCH3 is 1. The van der Waals surface area contributed by atoms with Crippen LogP contribution in [0.5, 0.6) is 11.5 Å². The van der Waals surface area contributed by atoms with E-state index < -0.39 is 4.92 Å². The summed E-state index contributed by atoms with van der Waals surface area (Å²) < 4.78 is 14.7. The number of para-hydroxylation sites is 1. The average Bonchev–Trinajstić information content (AvgIpc) is 3.00. The van der Waals surface area contributed by atoms with Crippen LogP contribution in [0.3, 0.4) is 0 Å². The number of non-ortho nitro benzene ring substituents is 1. The third-order valence-electron chi connectivity index (χ3n) is 7.04. The summed E-state index contributed by atoms with van der Waals surface area (Å²) in [5.41, 5.74) is 4.51. The molecule has 0 spiro atoms. The van der Waals surface area contributed by atoms with E-state index in [0.717, 1.165) is 35.1 Å². The quantitative estimate of drug-likeness (QED) is 0.0645. The number of halogens is 2. The number of hydrogen-bond donors (Lipinski definition) is 0. The maximum absolute atomic E-state index is 13.8. The minimum absolute atomic E-state index is 0.0186. The summed E-state index contributed by atoms with van der Waals surface area (Å²) in [5.74, 6) is 2.08. The van der Waals surface area contributed by atoms with Crippen molar-refractivity contribution >= 4 is 68.0 Å². The largest absolute Gasteiger partial charge is 0.496 e. The molecular weight excluding hydrogens is 786 g/mol. The number of nitro benzene ring substituents is 1. The Bertz CT molecular complexity index is 1970. The predicted octanol–water partition coefficient (Wildman–Crippen LogP) is 8.08. The lowest BCUT2D eigenvalue weighted by molar-refractivity contribution is -0.384. The third-order valence-corrected chi connectivity index (χ3v) is 8.64. The van der Waals surface area contributed by atoms with Crippen molar-refractivity contribution in [2.75, 3.05) is 7.11 Å². The Labute approximate surface area is 281 Å². The van der Waals surface area contributed by atoms with Gasteiger partial charge in [-0.15, -0.1) is 0 Å². The van der Waals surface area contributed by atoms with Gasteiger partial charge in [0.25, 0.3) is 11.2 Å². The van der Waals surface area contributed by atoms with E-state index in [1.54, 1.807) is 31.5 Å². The molecule has 5 rings (SSSR count). The summed E-state index contributed by atoms with van der Waals surface area (Å²) in [6.45, 7) is 6.34. The van der Waals surface area contributed by atoms with Crippen LogP contribution in [-0.4, -0.2) is 27.9 Å². The van der Waals surface area contributed by atoms with E-state index in [1.165, 1.54) is 16.8 Å². The zero-order valence-corrected chi connectivity index (χ0v) is 28.7. The highest BCUT2D eigenvalue weighted by Crippen LogP contribution is 2.34. The second kappa shape index (κ2) is 13.4. The van der Waals surface area contributed by atoms with Gasteiger partial charge < -0.3 is 9.47 Å². The number of aromatic nitrogens is 2. The van der Waals surface area contributed by atoms with Crippen molar-refractivity contribution in [1.82, 2.24) is 9.66 Å². The molecular formula is C33H28I2N4O5. The van der Waals surface area contributed by atoms with E-state index in [2.05, 4.69) is 64.1 Å². The van der Waals surface area contributed by atoms with Gasteiger partial charge in [-0.05, 0) is 117 Å². The molecule has 0 fully saturated rings. The van der Waals surface area contributed by atoms with E-state index in [4.69, 9.17) is 14.5 Å². The van der Waals surface area contributed by atoms with Crippen molar-refractivity contribution in [2.24, 2.45) is 5.10 Å². The van der Waals surface area contributed by atoms with E-state index >= 15 is 0 Å². The molecule has 0 unspecified atom stereocenters. The first-order chi connectivity index (χ1) is 21.1. The fraction of sp³-hybridized carbons (Fsp3) is 0.182. The zero-order chi connectivity index (χ0) is 31.5. The molecule has 0 saturated heterocycles. The number of aryl methyl sites for hydroxylation is 1. The standard InChI is InChI=1S/C33H28I2N4O5/c1-19(2)25-16-26(20(3)12-30(25)43-4)32-37-29-11-6-5-10-24(29)33(40)38(32)36-17-22-14-27(34)31(28(35)15-22)44-18-21-8-7-9-23(13-21)39(41)42/h5-17,19H,18H2,1-4H3. The minimum Gasteiger partial charge on any atom is -0.496 e. The van der Waals surface area contributed by atoms with Crippen molar-refractivity contribution in [3.8, 4) is 22.9 Å². The first-order valence-corrected chi connectivity index (χ1v) is 15.8. The van der Waals surface area contributed by atoms with E-state index in [9.17, 15) is 14.9 Å². The lowest BCUT2D eigenvalue weighted by atomic mass is 9.96. The molecule has 11 heteroatoms. The summed E-state index contributed by atoms with van der Waals surface area (Å²) in [6.07, 6.45) is 1.64. The number of ether oxygens (including phenoxy) is 2. The van der Waals surface area contributed by atoms with Gasteiger partial charge in [0.1, 0.15) is 18.1 Å². The molecule has 4 aromatic carbocycles. The van der Waals surface area contributed by atoms with Gasteiger partial charge in [0, 0.05) is 17.7 Å². The van der Waals surface area contributed by atoms with Crippen LogP contribution in [0.25, 0.3) is 22.3 Å². The molecule has 0 saturated carbocycles. The predicted molar refractivity (Wildman–Crippen MR) is 189 cm³/mol. The third kappa shape index (κ3) is 6.62. The van der Waals surface area contributed by atoms with Gasteiger partial charge in [0.2, 0.25) is 0 Å². The van der Waals surface area contributed by atoms with Gasteiger partial charge in [0.05, 0.1) is 36.3 Å². The van der Waals surface area contributed by atoms with E-state index in [0.29, 0.717) is 28.0 Å². The topological polar surface area (TPSA) is 109 Å². The van der Waals surface area contributed by atoms with Crippen LogP contribution >= 0.6 is 45.2 Å². The molecule has 0 aliphatic carbocycles. The van der Waals surface area contributed by atoms with Crippen LogP contribution in [0.15, 0.2) is 82.7 Å². The molecule has 44 heavy (non-hydrogen) atoms. The summed E-state index contributed by atoms with van der Waals surface area (Å²) in [4.78, 5) is 29.4. The minimum atomic E-state index is -0.424. The normalized spacial score (nSPS) is 11.4. The summed E-state index contributed by atoms with van der Waals surface area (Å²) >= 11 is 4.38. The summed E-state index contributed by atoms with van der Waals surface area (Å²) in [5, 5.41) is 16.3. The van der Waals surface area contributed by atoms with Gasteiger partial charge in [-0.3, -0.25) is 14.9 Å². The zero-order valence-electron chi connectivity index (χ0n) is 24.4. The van der Waals surface area contributed by atoms with Crippen molar-refractivity contribution in [1.29, 1.82) is 0 Å². The average molecular weight is 814 g/mol. The maximum atomic E-state index is 13.8. The Kier molecular flexibility index (Phi) is 9.63. The fourth-order valence-corrected chi connectivity index (χ4v) is 6.93. The van der Waals surface area contributed by atoms with Crippen molar-refractivity contribution in [3.63, 3.8) is 0 Å². The first-order valence-electron chi connectivity index (χ1n) is 13.7. The number of nitrogens with zero attached hydrogens (tertiary/aromatic N) is 4. The number of fused-ring (bicyclic) bond motifs is 1. The fourth-order valence-electron chi connectivity index (χ4n) is 4.80. The molecule has 0 N–H and O–H groups in total. The lowest BCUT2D eigenvalue weighted by Crippen LogP contribution is -2.21. The molecule has 9 nitrogen and oxygen atoms in total. The molecule has 224 valence electrons. The monoisotopic (exact) mass is 814 g/mol. The van der Waals surface area contributed by atoms with Crippen LogP contribution in [0.4, 0.5) is 5.69 Å². The van der Waals surface area contributed by atoms with Crippen molar-refractivity contribution in [2.45, 2.75) is 33.3 Å². The molecule has 1 heterocycles. The number of rotatable bonds is 9.